The van der Waals surface area contributed by atoms with Crippen molar-refractivity contribution in [3.05, 3.63) is 18.0 Å². The largest absolute Gasteiger partial charge is 0.481 e. The zero-order valence-electron chi connectivity index (χ0n) is 9.84. The maximum Gasteiger partial charge on any atom is 0.305 e. The van der Waals surface area contributed by atoms with E-state index in [9.17, 15) is 4.79 Å². The third-order valence-electron chi connectivity index (χ3n) is 2.38. The van der Waals surface area contributed by atoms with Gasteiger partial charge in [-0.15, -0.1) is 0 Å². The number of carboxylic acid groups (broad SMARTS) is 1. The van der Waals surface area contributed by atoms with Crippen molar-refractivity contribution in [1.82, 2.24) is 9.97 Å². The number of rotatable bonds is 5. The second-order valence-electron chi connectivity index (χ2n) is 3.73. The summed E-state index contributed by atoms with van der Waals surface area (Å²) >= 11 is 0. The number of carboxylic acids is 1. The number of hydrogen-bond acceptors (Lipinski definition) is 4. The molecule has 0 fully saturated rings. The molecular formula is C11H17N3O2. The Balaban J connectivity index is 2.85. The molecule has 0 aromatic carbocycles. The fraction of sp³-hybridized carbons (Fsp3) is 0.545. The van der Waals surface area contributed by atoms with Gasteiger partial charge < -0.3 is 10.0 Å². The molecule has 0 aliphatic rings. The lowest BCUT2D eigenvalue weighted by Crippen LogP contribution is -2.36. The summed E-state index contributed by atoms with van der Waals surface area (Å²) in [4.78, 5) is 21.0. The molecule has 1 N–H and O–H groups in total. The maximum absolute atomic E-state index is 10.7. The summed E-state index contributed by atoms with van der Waals surface area (Å²) in [5.74, 6) is -0.213. The highest BCUT2D eigenvalue weighted by atomic mass is 16.4. The lowest BCUT2D eigenvalue weighted by atomic mass is 10.2. The molecule has 0 radical (unpaired) electrons. The van der Waals surface area contributed by atoms with Crippen LogP contribution in [-0.2, 0) is 4.79 Å². The molecule has 88 valence electrons. The molecule has 1 atom stereocenters. The van der Waals surface area contributed by atoms with Crippen molar-refractivity contribution >= 4 is 11.9 Å². The van der Waals surface area contributed by atoms with Crippen LogP contribution < -0.4 is 4.90 Å². The number of aromatic nitrogens is 2. The van der Waals surface area contributed by atoms with Gasteiger partial charge in [-0.25, -0.2) is 9.97 Å². The normalized spacial score (nSPS) is 12.2. The lowest BCUT2D eigenvalue weighted by molar-refractivity contribution is -0.137. The summed E-state index contributed by atoms with van der Waals surface area (Å²) in [5, 5.41) is 8.76. The summed E-state index contributed by atoms with van der Waals surface area (Å²) in [6, 6.07) is 1.71. The molecule has 1 unspecified atom stereocenters. The first-order chi connectivity index (χ1) is 7.54. The average molecular weight is 223 g/mol. The Morgan fingerprint density at radius 3 is 2.81 bits per heavy atom. The van der Waals surface area contributed by atoms with Crippen molar-refractivity contribution in [2.45, 2.75) is 33.2 Å². The number of hydrogen-bond donors (Lipinski definition) is 1. The summed E-state index contributed by atoms with van der Waals surface area (Å²) in [6.45, 7) is 6.41. The number of nitrogens with zero attached hydrogens (tertiary/aromatic N) is 3. The Morgan fingerprint density at radius 2 is 2.31 bits per heavy atom. The molecule has 0 saturated heterocycles. The fourth-order valence-electron chi connectivity index (χ4n) is 1.59. The Labute approximate surface area is 95.1 Å². The van der Waals surface area contributed by atoms with Gasteiger partial charge in [0.15, 0.2) is 0 Å². The highest BCUT2D eigenvalue weighted by molar-refractivity contribution is 5.68. The summed E-state index contributed by atoms with van der Waals surface area (Å²) in [6.07, 6.45) is 1.78. The highest BCUT2D eigenvalue weighted by Gasteiger charge is 2.17. The topological polar surface area (TPSA) is 66.3 Å². The third kappa shape index (κ3) is 3.18. The van der Waals surface area contributed by atoms with Crippen molar-refractivity contribution in [3.8, 4) is 0 Å². The van der Waals surface area contributed by atoms with Gasteiger partial charge in [-0.1, -0.05) is 0 Å². The van der Waals surface area contributed by atoms with E-state index in [2.05, 4.69) is 9.97 Å². The van der Waals surface area contributed by atoms with Crippen LogP contribution in [0.1, 0.15) is 26.0 Å². The molecule has 5 nitrogen and oxygen atoms in total. The van der Waals surface area contributed by atoms with Crippen molar-refractivity contribution in [2.24, 2.45) is 0 Å². The second kappa shape index (κ2) is 5.44. The minimum absolute atomic E-state index is 0.0884. The van der Waals surface area contributed by atoms with E-state index in [1.165, 1.54) is 0 Å². The summed E-state index contributed by atoms with van der Waals surface area (Å²) in [7, 11) is 0. The fourth-order valence-corrected chi connectivity index (χ4v) is 1.59. The van der Waals surface area contributed by atoms with E-state index in [4.69, 9.17) is 5.11 Å². The predicted molar refractivity (Wildman–Crippen MR) is 61.5 cm³/mol. The molecule has 0 aliphatic heterocycles. The minimum Gasteiger partial charge on any atom is -0.481 e. The minimum atomic E-state index is -0.807. The Morgan fingerprint density at radius 1 is 1.62 bits per heavy atom. The van der Waals surface area contributed by atoms with E-state index < -0.39 is 5.97 Å². The van der Waals surface area contributed by atoms with Gasteiger partial charge in [0.25, 0.3) is 0 Å². The monoisotopic (exact) mass is 223 g/mol. The summed E-state index contributed by atoms with van der Waals surface area (Å²) in [5.41, 5.74) is 0.881. The first kappa shape index (κ1) is 12.4. The third-order valence-corrected chi connectivity index (χ3v) is 2.38. The molecule has 1 aromatic heterocycles. The van der Waals surface area contributed by atoms with Gasteiger partial charge in [-0.2, -0.15) is 0 Å². The van der Waals surface area contributed by atoms with Gasteiger partial charge in [-0.05, 0) is 26.8 Å². The number of aryl methyl sites for hydroxylation is 1. The van der Waals surface area contributed by atoms with Crippen LogP contribution in [0.4, 0.5) is 5.95 Å². The molecule has 0 amide bonds. The Hall–Kier alpha value is -1.65. The molecule has 1 aromatic rings. The van der Waals surface area contributed by atoms with Crippen LogP contribution in [0.25, 0.3) is 0 Å². The smallest absolute Gasteiger partial charge is 0.305 e. The molecule has 1 rings (SSSR count). The van der Waals surface area contributed by atoms with E-state index in [-0.39, 0.29) is 12.5 Å². The Kier molecular flexibility index (Phi) is 4.22. The van der Waals surface area contributed by atoms with Crippen LogP contribution >= 0.6 is 0 Å². The van der Waals surface area contributed by atoms with Crippen LogP contribution in [-0.4, -0.2) is 33.6 Å². The SMILES string of the molecule is CCN(c1nccc(C)n1)C(C)CC(=O)O. The van der Waals surface area contributed by atoms with E-state index in [1.807, 2.05) is 31.7 Å². The summed E-state index contributed by atoms with van der Waals surface area (Å²) < 4.78 is 0. The standard InChI is InChI=1S/C11H17N3O2/c1-4-14(9(3)7-10(15)16)11-12-6-5-8(2)13-11/h5-6,9H,4,7H2,1-3H3,(H,15,16). The number of aliphatic carboxylic acids is 1. The van der Waals surface area contributed by atoms with E-state index in [0.29, 0.717) is 12.5 Å². The maximum atomic E-state index is 10.7. The quantitative estimate of drug-likeness (QED) is 0.818. The van der Waals surface area contributed by atoms with Gasteiger partial charge in [0.1, 0.15) is 0 Å². The van der Waals surface area contributed by atoms with Gasteiger partial charge in [0, 0.05) is 24.5 Å². The van der Waals surface area contributed by atoms with Gasteiger partial charge in [0.05, 0.1) is 6.42 Å². The highest BCUT2D eigenvalue weighted by Crippen LogP contribution is 2.13. The van der Waals surface area contributed by atoms with Crippen LogP contribution in [0.5, 0.6) is 0 Å². The molecule has 16 heavy (non-hydrogen) atoms. The second-order valence-corrected chi connectivity index (χ2v) is 3.73. The Bertz CT molecular complexity index is 368. The molecule has 0 aliphatic carbocycles. The predicted octanol–water partition coefficient (Wildman–Crippen LogP) is 1.47. The van der Waals surface area contributed by atoms with Crippen molar-refractivity contribution in [1.29, 1.82) is 0 Å². The first-order valence-corrected chi connectivity index (χ1v) is 5.32. The molecule has 0 saturated carbocycles. The zero-order chi connectivity index (χ0) is 12.1. The number of carbonyl (C=O) groups is 1. The van der Waals surface area contributed by atoms with Crippen molar-refractivity contribution < 1.29 is 9.90 Å². The van der Waals surface area contributed by atoms with Gasteiger partial charge in [-0.3, -0.25) is 4.79 Å². The zero-order valence-corrected chi connectivity index (χ0v) is 9.84. The lowest BCUT2D eigenvalue weighted by Gasteiger charge is -2.26. The van der Waals surface area contributed by atoms with E-state index >= 15 is 0 Å². The van der Waals surface area contributed by atoms with Crippen LogP contribution in [0.15, 0.2) is 12.3 Å². The first-order valence-electron chi connectivity index (χ1n) is 5.32. The van der Waals surface area contributed by atoms with Crippen LogP contribution in [0.2, 0.25) is 0 Å². The van der Waals surface area contributed by atoms with E-state index in [0.717, 1.165) is 5.69 Å². The van der Waals surface area contributed by atoms with Crippen LogP contribution in [0, 0.1) is 6.92 Å². The van der Waals surface area contributed by atoms with E-state index in [1.54, 1.807) is 6.20 Å². The van der Waals surface area contributed by atoms with Crippen molar-refractivity contribution in [2.75, 3.05) is 11.4 Å². The molecule has 1 heterocycles. The van der Waals surface area contributed by atoms with Gasteiger partial charge >= 0.3 is 5.97 Å². The average Bonchev–Trinajstić information content (AvgIpc) is 2.17. The van der Waals surface area contributed by atoms with Crippen LogP contribution in [0.3, 0.4) is 0 Å². The molecular weight excluding hydrogens is 206 g/mol. The van der Waals surface area contributed by atoms with Gasteiger partial charge in [0.2, 0.25) is 5.95 Å². The van der Waals surface area contributed by atoms with Crippen molar-refractivity contribution in [3.63, 3.8) is 0 Å². The molecule has 0 spiro atoms. The number of anilines is 1. The molecule has 5 heteroatoms. The molecule has 0 bridgehead atoms.